The maximum atomic E-state index is 12.1. The molecule has 3 aromatic rings. The van der Waals surface area contributed by atoms with E-state index in [9.17, 15) is 4.79 Å². The number of nitrogens with one attached hydrogen (secondary N) is 1. The third-order valence-electron chi connectivity index (χ3n) is 2.65. The Morgan fingerprint density at radius 3 is 2.67 bits per heavy atom. The molecule has 0 aliphatic carbocycles. The van der Waals surface area contributed by atoms with Crippen molar-refractivity contribution in [2.75, 3.05) is 5.32 Å². The Kier molecular flexibility index (Phi) is 3.69. The zero-order chi connectivity index (χ0) is 14.7. The first kappa shape index (κ1) is 13.4. The number of anilines is 1. The number of hydrogen-bond acceptors (Lipinski definition) is 5. The first-order chi connectivity index (χ1) is 10.2. The molecule has 0 radical (unpaired) electrons. The smallest absolute Gasteiger partial charge is 0.256 e. The predicted octanol–water partition coefficient (Wildman–Crippen LogP) is 2.07. The van der Waals surface area contributed by atoms with Crippen LogP contribution in [0.3, 0.4) is 0 Å². The maximum absolute atomic E-state index is 12.1. The predicted molar refractivity (Wildman–Crippen MR) is 79.0 cm³/mol. The van der Waals surface area contributed by atoms with Gasteiger partial charge in [-0.2, -0.15) is 5.10 Å². The van der Waals surface area contributed by atoms with Crippen LogP contribution in [0, 0.1) is 0 Å². The second-order valence-electron chi connectivity index (χ2n) is 4.06. The minimum absolute atomic E-state index is 0.245. The van der Waals surface area contributed by atoms with Gasteiger partial charge in [-0.25, -0.2) is 19.6 Å². The Balaban J connectivity index is 1.80. The van der Waals surface area contributed by atoms with Crippen LogP contribution in [-0.4, -0.2) is 30.6 Å². The number of carbonyl (C=O) groups excluding carboxylic acids is 1. The standard InChI is InChI=1S/C13H9BrN6O/c14-10-3-1-9(2-4-10)13(21)19-11-5-12(17-7-16-11)20-8-15-6-18-20/h1-8H,(H,16,17,19,21). The third-order valence-corrected chi connectivity index (χ3v) is 3.18. The van der Waals surface area contributed by atoms with Crippen LogP contribution in [0.4, 0.5) is 5.82 Å². The second kappa shape index (κ2) is 5.80. The van der Waals surface area contributed by atoms with Crippen LogP contribution in [0.5, 0.6) is 0 Å². The topological polar surface area (TPSA) is 85.6 Å². The molecule has 0 unspecified atom stereocenters. The van der Waals surface area contributed by atoms with Crippen molar-refractivity contribution in [2.24, 2.45) is 0 Å². The van der Waals surface area contributed by atoms with Gasteiger partial charge in [0, 0.05) is 16.1 Å². The van der Waals surface area contributed by atoms with E-state index in [1.807, 2.05) is 0 Å². The summed E-state index contributed by atoms with van der Waals surface area (Å²) in [7, 11) is 0. The SMILES string of the molecule is O=C(Nc1cc(-n2cncn2)ncn1)c1ccc(Br)cc1. The fourth-order valence-electron chi connectivity index (χ4n) is 1.66. The summed E-state index contributed by atoms with van der Waals surface area (Å²) in [6.07, 6.45) is 4.28. The molecule has 21 heavy (non-hydrogen) atoms. The Labute approximate surface area is 128 Å². The van der Waals surface area contributed by atoms with Gasteiger partial charge in [0.1, 0.15) is 24.8 Å². The molecule has 8 heteroatoms. The highest BCUT2D eigenvalue weighted by Crippen LogP contribution is 2.13. The van der Waals surface area contributed by atoms with Gasteiger partial charge >= 0.3 is 0 Å². The summed E-state index contributed by atoms with van der Waals surface area (Å²) >= 11 is 3.33. The van der Waals surface area contributed by atoms with Crippen LogP contribution < -0.4 is 5.32 Å². The summed E-state index contributed by atoms with van der Waals surface area (Å²) in [4.78, 5) is 24.0. The fraction of sp³-hybridized carbons (Fsp3) is 0. The third kappa shape index (κ3) is 3.11. The van der Waals surface area contributed by atoms with Crippen molar-refractivity contribution < 1.29 is 4.79 Å². The molecule has 0 bridgehead atoms. The Morgan fingerprint density at radius 1 is 1.14 bits per heavy atom. The van der Waals surface area contributed by atoms with Crippen LogP contribution in [-0.2, 0) is 0 Å². The molecule has 0 spiro atoms. The van der Waals surface area contributed by atoms with Gasteiger partial charge in [-0.3, -0.25) is 4.79 Å². The summed E-state index contributed by atoms with van der Waals surface area (Å²) in [6.45, 7) is 0. The molecule has 7 nitrogen and oxygen atoms in total. The van der Waals surface area contributed by atoms with Gasteiger partial charge in [0.25, 0.3) is 5.91 Å². The molecule has 1 aromatic carbocycles. The van der Waals surface area contributed by atoms with Crippen LogP contribution >= 0.6 is 15.9 Å². The lowest BCUT2D eigenvalue weighted by molar-refractivity contribution is 0.102. The molecule has 0 saturated heterocycles. The Bertz CT molecular complexity index is 757. The molecule has 0 atom stereocenters. The van der Waals surface area contributed by atoms with Crippen molar-refractivity contribution >= 4 is 27.7 Å². The summed E-state index contributed by atoms with van der Waals surface area (Å²) in [6, 6.07) is 8.66. The highest BCUT2D eigenvalue weighted by Gasteiger charge is 2.08. The molecular weight excluding hydrogens is 336 g/mol. The minimum atomic E-state index is -0.245. The van der Waals surface area contributed by atoms with E-state index in [0.717, 1.165) is 4.47 Å². The molecule has 0 aliphatic heterocycles. The van der Waals surface area contributed by atoms with Gasteiger partial charge in [-0.05, 0) is 24.3 Å². The first-order valence-electron chi connectivity index (χ1n) is 5.96. The van der Waals surface area contributed by atoms with Crippen molar-refractivity contribution in [1.82, 2.24) is 24.7 Å². The van der Waals surface area contributed by atoms with Crippen molar-refractivity contribution in [3.8, 4) is 5.82 Å². The Hall–Kier alpha value is -2.61. The zero-order valence-electron chi connectivity index (χ0n) is 10.6. The average molecular weight is 345 g/mol. The van der Waals surface area contributed by atoms with Gasteiger partial charge in [-0.1, -0.05) is 15.9 Å². The van der Waals surface area contributed by atoms with E-state index in [-0.39, 0.29) is 5.91 Å². The molecule has 2 aromatic heterocycles. The number of carbonyl (C=O) groups is 1. The monoisotopic (exact) mass is 344 g/mol. The summed E-state index contributed by atoms with van der Waals surface area (Å²) in [5.41, 5.74) is 0.541. The van der Waals surface area contributed by atoms with E-state index in [2.05, 4.69) is 41.3 Å². The molecule has 3 rings (SSSR count). The summed E-state index contributed by atoms with van der Waals surface area (Å²) < 4.78 is 2.39. The fourth-order valence-corrected chi connectivity index (χ4v) is 1.92. The lowest BCUT2D eigenvalue weighted by atomic mass is 10.2. The summed E-state index contributed by atoms with van der Waals surface area (Å²) in [5.74, 6) is 0.669. The van der Waals surface area contributed by atoms with Gasteiger partial charge in [-0.15, -0.1) is 0 Å². The highest BCUT2D eigenvalue weighted by atomic mass is 79.9. The van der Waals surface area contributed by atoms with Gasteiger partial charge < -0.3 is 5.32 Å². The van der Waals surface area contributed by atoms with Crippen molar-refractivity contribution in [1.29, 1.82) is 0 Å². The minimum Gasteiger partial charge on any atom is -0.306 e. The van der Waals surface area contributed by atoms with E-state index < -0.39 is 0 Å². The van der Waals surface area contributed by atoms with Crippen LogP contribution in [0.15, 0.2) is 53.8 Å². The lowest BCUT2D eigenvalue weighted by Gasteiger charge is -2.06. The summed E-state index contributed by atoms with van der Waals surface area (Å²) in [5, 5.41) is 6.69. The first-order valence-corrected chi connectivity index (χ1v) is 6.75. The highest BCUT2D eigenvalue weighted by molar-refractivity contribution is 9.10. The van der Waals surface area contributed by atoms with Crippen molar-refractivity contribution in [3.05, 3.63) is 59.3 Å². The normalized spacial score (nSPS) is 10.3. The number of nitrogens with zero attached hydrogens (tertiary/aromatic N) is 5. The van der Waals surface area contributed by atoms with Gasteiger partial charge in [0.15, 0.2) is 5.82 Å². The molecular formula is C13H9BrN6O. The van der Waals surface area contributed by atoms with Crippen molar-refractivity contribution in [2.45, 2.75) is 0 Å². The van der Waals surface area contributed by atoms with Crippen LogP contribution in [0.1, 0.15) is 10.4 Å². The van der Waals surface area contributed by atoms with E-state index in [0.29, 0.717) is 17.2 Å². The largest absolute Gasteiger partial charge is 0.306 e. The van der Waals surface area contributed by atoms with E-state index >= 15 is 0 Å². The van der Waals surface area contributed by atoms with Crippen molar-refractivity contribution in [3.63, 3.8) is 0 Å². The van der Waals surface area contributed by atoms with E-state index in [4.69, 9.17) is 0 Å². The van der Waals surface area contributed by atoms with Gasteiger partial charge in [0.2, 0.25) is 0 Å². The maximum Gasteiger partial charge on any atom is 0.256 e. The molecule has 0 fully saturated rings. The molecule has 2 heterocycles. The molecule has 1 amide bonds. The number of hydrogen-bond donors (Lipinski definition) is 1. The van der Waals surface area contributed by atoms with E-state index in [1.165, 1.54) is 23.7 Å². The van der Waals surface area contributed by atoms with Gasteiger partial charge in [0.05, 0.1) is 0 Å². The lowest BCUT2D eigenvalue weighted by Crippen LogP contribution is -2.13. The van der Waals surface area contributed by atoms with Crippen LogP contribution in [0.2, 0.25) is 0 Å². The van der Waals surface area contributed by atoms with E-state index in [1.54, 1.807) is 30.3 Å². The number of rotatable bonds is 3. The molecule has 1 N–H and O–H groups in total. The molecule has 0 aliphatic rings. The Morgan fingerprint density at radius 2 is 1.95 bits per heavy atom. The quantitative estimate of drug-likeness (QED) is 0.785. The second-order valence-corrected chi connectivity index (χ2v) is 4.98. The van der Waals surface area contributed by atoms with Crippen LogP contribution in [0.25, 0.3) is 5.82 Å². The number of benzene rings is 1. The molecule has 104 valence electrons. The zero-order valence-corrected chi connectivity index (χ0v) is 12.2. The number of amides is 1. The average Bonchev–Trinajstić information content (AvgIpc) is 3.02. The number of aromatic nitrogens is 5. The number of halogens is 1. The molecule has 0 saturated carbocycles.